The van der Waals surface area contributed by atoms with E-state index in [2.05, 4.69) is 0 Å². The van der Waals surface area contributed by atoms with Gasteiger partial charge in [-0.1, -0.05) is 18.2 Å². The highest BCUT2D eigenvalue weighted by Crippen LogP contribution is 2.32. The highest BCUT2D eigenvalue weighted by molar-refractivity contribution is 6.01. The van der Waals surface area contributed by atoms with E-state index in [0.717, 1.165) is 19.0 Å². The normalized spacial score (nSPS) is 22.0. The van der Waals surface area contributed by atoms with Crippen molar-refractivity contribution in [3.05, 3.63) is 35.4 Å². The second-order valence-electron chi connectivity index (χ2n) is 5.52. The topological polar surface area (TPSA) is 23.6 Å². The zero-order valence-electron chi connectivity index (χ0n) is 12.2. The third-order valence-corrected chi connectivity index (χ3v) is 3.87. The quantitative estimate of drug-likeness (QED) is 0.784. The molecule has 0 aliphatic carbocycles. The zero-order chi connectivity index (χ0) is 15.6. The van der Waals surface area contributed by atoms with Gasteiger partial charge in [0.25, 0.3) is 0 Å². The summed E-state index contributed by atoms with van der Waals surface area (Å²) < 4.78 is 39.2. The number of hydrogen-bond acceptors (Lipinski definition) is 3. The predicted octanol–water partition coefficient (Wildman–Crippen LogP) is 2.52. The maximum Gasteiger partial charge on any atom is 0.417 e. The molecular formula is C15H19F3N2O. The molecule has 1 fully saturated rings. The first-order valence-corrected chi connectivity index (χ1v) is 6.90. The van der Waals surface area contributed by atoms with Crippen LogP contribution in [0.4, 0.5) is 13.2 Å². The lowest BCUT2D eigenvalue weighted by molar-refractivity contribution is -0.137. The fourth-order valence-electron chi connectivity index (χ4n) is 2.68. The van der Waals surface area contributed by atoms with Gasteiger partial charge < -0.3 is 4.90 Å². The van der Waals surface area contributed by atoms with E-state index in [1.54, 1.807) is 7.05 Å². The van der Waals surface area contributed by atoms with Gasteiger partial charge >= 0.3 is 6.18 Å². The number of Topliss-reactive ketones (excluding diaryl/α,β-unsaturated/α-hetero) is 1. The molecule has 1 saturated heterocycles. The molecule has 3 nitrogen and oxygen atoms in total. The Kier molecular flexibility index (Phi) is 4.68. The van der Waals surface area contributed by atoms with Gasteiger partial charge in [0.2, 0.25) is 0 Å². The summed E-state index contributed by atoms with van der Waals surface area (Å²) in [5.41, 5.74) is -1.09. The number of carbonyl (C=O) groups is 1. The molecule has 116 valence electrons. The van der Waals surface area contributed by atoms with Crippen LogP contribution in [-0.4, -0.2) is 55.4 Å². The van der Waals surface area contributed by atoms with E-state index < -0.39 is 23.6 Å². The summed E-state index contributed by atoms with van der Waals surface area (Å²) in [5, 5.41) is 0. The van der Waals surface area contributed by atoms with Crippen LogP contribution in [0.3, 0.4) is 0 Å². The van der Waals surface area contributed by atoms with Gasteiger partial charge in [0.05, 0.1) is 11.6 Å². The Morgan fingerprint density at radius 2 is 1.86 bits per heavy atom. The molecule has 0 bridgehead atoms. The Labute approximate surface area is 122 Å². The largest absolute Gasteiger partial charge is 0.417 e. The Hall–Kier alpha value is -1.40. The minimum absolute atomic E-state index is 0.239. The SMILES string of the molecule is CN1CCCN(C)C(C(=O)c2ccccc2C(F)(F)F)C1. The molecule has 1 unspecified atom stereocenters. The highest BCUT2D eigenvalue weighted by atomic mass is 19.4. The second kappa shape index (κ2) is 6.15. The third-order valence-electron chi connectivity index (χ3n) is 3.87. The van der Waals surface area contributed by atoms with Gasteiger partial charge in [-0.05, 0) is 39.7 Å². The molecule has 0 spiro atoms. The maximum atomic E-state index is 13.1. The summed E-state index contributed by atoms with van der Waals surface area (Å²) in [7, 11) is 3.67. The minimum atomic E-state index is -4.51. The highest BCUT2D eigenvalue weighted by Gasteiger charge is 2.37. The molecule has 1 atom stereocenters. The van der Waals surface area contributed by atoms with Crippen molar-refractivity contribution in [1.82, 2.24) is 9.80 Å². The van der Waals surface area contributed by atoms with Crippen LogP contribution in [0.5, 0.6) is 0 Å². The number of likely N-dealkylation sites (N-methyl/N-ethyl adjacent to an activating group) is 2. The van der Waals surface area contributed by atoms with E-state index in [1.807, 2.05) is 16.8 Å². The number of hydrogen-bond donors (Lipinski definition) is 0. The van der Waals surface area contributed by atoms with E-state index in [0.29, 0.717) is 13.1 Å². The van der Waals surface area contributed by atoms with Crippen molar-refractivity contribution in [3.63, 3.8) is 0 Å². The summed E-state index contributed by atoms with van der Waals surface area (Å²) in [6.45, 7) is 1.99. The first-order valence-electron chi connectivity index (χ1n) is 6.90. The smallest absolute Gasteiger partial charge is 0.304 e. The lowest BCUT2D eigenvalue weighted by Crippen LogP contribution is -2.44. The molecule has 1 aromatic rings. The number of nitrogens with zero attached hydrogens (tertiary/aromatic N) is 2. The van der Waals surface area contributed by atoms with Gasteiger partial charge in [0.1, 0.15) is 0 Å². The van der Waals surface area contributed by atoms with Crippen molar-refractivity contribution in [2.45, 2.75) is 18.6 Å². The molecule has 1 aromatic carbocycles. The molecule has 0 amide bonds. The van der Waals surface area contributed by atoms with Crippen LogP contribution in [0.2, 0.25) is 0 Å². The first kappa shape index (κ1) is 16.0. The van der Waals surface area contributed by atoms with E-state index in [9.17, 15) is 18.0 Å². The van der Waals surface area contributed by atoms with Gasteiger partial charge in [-0.2, -0.15) is 13.2 Å². The van der Waals surface area contributed by atoms with Crippen molar-refractivity contribution in [2.24, 2.45) is 0 Å². The summed E-state index contributed by atoms with van der Waals surface area (Å²) in [6, 6.07) is 4.48. The molecule has 0 radical (unpaired) electrons. The molecule has 0 aromatic heterocycles. The van der Waals surface area contributed by atoms with Gasteiger partial charge in [-0.3, -0.25) is 9.69 Å². The van der Waals surface area contributed by atoms with Crippen molar-refractivity contribution in [3.8, 4) is 0 Å². The average molecular weight is 300 g/mol. The first-order chi connectivity index (χ1) is 9.80. The molecule has 2 rings (SSSR count). The molecule has 0 N–H and O–H groups in total. The Bertz CT molecular complexity index is 516. The monoisotopic (exact) mass is 300 g/mol. The molecular weight excluding hydrogens is 281 g/mol. The summed E-state index contributed by atoms with van der Waals surface area (Å²) in [4.78, 5) is 16.4. The predicted molar refractivity (Wildman–Crippen MR) is 74.3 cm³/mol. The van der Waals surface area contributed by atoms with Crippen LogP contribution >= 0.6 is 0 Å². The maximum absolute atomic E-state index is 13.1. The molecule has 21 heavy (non-hydrogen) atoms. The van der Waals surface area contributed by atoms with Crippen molar-refractivity contribution in [1.29, 1.82) is 0 Å². The number of rotatable bonds is 2. The van der Waals surface area contributed by atoms with Crippen LogP contribution in [0.25, 0.3) is 0 Å². The Morgan fingerprint density at radius 1 is 1.19 bits per heavy atom. The van der Waals surface area contributed by atoms with Crippen LogP contribution in [0.15, 0.2) is 24.3 Å². The minimum Gasteiger partial charge on any atom is -0.304 e. The number of alkyl halides is 3. The van der Waals surface area contributed by atoms with Gasteiger partial charge in [0.15, 0.2) is 5.78 Å². The lowest BCUT2D eigenvalue weighted by Gasteiger charge is -2.27. The summed E-state index contributed by atoms with van der Waals surface area (Å²) in [5.74, 6) is -0.459. The van der Waals surface area contributed by atoms with Gasteiger partial charge in [-0.15, -0.1) is 0 Å². The second-order valence-corrected chi connectivity index (χ2v) is 5.52. The molecule has 1 aliphatic heterocycles. The average Bonchev–Trinajstić information content (AvgIpc) is 2.58. The Morgan fingerprint density at radius 3 is 2.52 bits per heavy atom. The van der Waals surface area contributed by atoms with Crippen LogP contribution in [0, 0.1) is 0 Å². The van der Waals surface area contributed by atoms with Gasteiger partial charge in [0, 0.05) is 12.1 Å². The van der Waals surface area contributed by atoms with E-state index in [1.165, 1.54) is 18.2 Å². The number of benzene rings is 1. The Balaban J connectivity index is 2.35. The van der Waals surface area contributed by atoms with Crippen LogP contribution in [-0.2, 0) is 6.18 Å². The van der Waals surface area contributed by atoms with E-state index in [4.69, 9.17) is 0 Å². The lowest BCUT2D eigenvalue weighted by atomic mass is 9.97. The van der Waals surface area contributed by atoms with E-state index in [-0.39, 0.29) is 5.56 Å². The molecule has 1 aliphatic rings. The fraction of sp³-hybridized carbons (Fsp3) is 0.533. The third kappa shape index (κ3) is 3.63. The van der Waals surface area contributed by atoms with Crippen molar-refractivity contribution < 1.29 is 18.0 Å². The molecule has 1 heterocycles. The zero-order valence-corrected chi connectivity index (χ0v) is 12.2. The van der Waals surface area contributed by atoms with Crippen LogP contribution < -0.4 is 0 Å². The summed E-state index contributed by atoms with van der Waals surface area (Å²) >= 11 is 0. The number of carbonyl (C=O) groups excluding carboxylic acids is 1. The number of halogens is 3. The van der Waals surface area contributed by atoms with Crippen molar-refractivity contribution in [2.75, 3.05) is 33.7 Å². The standard InChI is InChI=1S/C15H19F3N2O/c1-19-8-5-9-20(2)13(10-19)14(21)11-6-3-4-7-12(11)15(16,17)18/h3-4,6-7,13H,5,8-10H2,1-2H3. The van der Waals surface area contributed by atoms with Gasteiger partial charge in [-0.25, -0.2) is 0 Å². The molecule has 6 heteroatoms. The van der Waals surface area contributed by atoms with Crippen molar-refractivity contribution >= 4 is 5.78 Å². The van der Waals surface area contributed by atoms with Crippen LogP contribution in [0.1, 0.15) is 22.3 Å². The fourth-order valence-corrected chi connectivity index (χ4v) is 2.68. The van der Waals surface area contributed by atoms with E-state index >= 15 is 0 Å². The number of ketones is 1. The molecule has 0 saturated carbocycles. The summed E-state index contributed by atoms with van der Waals surface area (Å²) in [6.07, 6.45) is -3.61.